The standard InChI is InChI=1S/2C10H14O/c1-7(2)10-6-9(11)5-4-8(10)3;1-7(2)10-8(3)5-4-6-9(10)11/h2*4-7,11H,1-3H3. The Labute approximate surface area is 134 Å². The van der Waals surface area contributed by atoms with E-state index in [0.717, 1.165) is 5.56 Å². The molecule has 2 aromatic carbocycles. The Hall–Kier alpha value is -1.96. The van der Waals surface area contributed by atoms with Crippen molar-refractivity contribution in [3.63, 3.8) is 0 Å². The molecule has 2 aromatic rings. The van der Waals surface area contributed by atoms with Crippen LogP contribution in [0.25, 0.3) is 0 Å². The van der Waals surface area contributed by atoms with Gasteiger partial charge >= 0.3 is 0 Å². The molecule has 0 aliphatic heterocycles. The number of phenols is 2. The minimum Gasteiger partial charge on any atom is -0.508 e. The van der Waals surface area contributed by atoms with E-state index in [1.165, 1.54) is 16.7 Å². The number of rotatable bonds is 2. The van der Waals surface area contributed by atoms with Gasteiger partial charge in [-0.1, -0.05) is 45.9 Å². The Kier molecular flexibility index (Phi) is 6.48. The smallest absolute Gasteiger partial charge is 0.119 e. The molecule has 2 nitrogen and oxygen atoms in total. The first-order chi connectivity index (χ1) is 10.2. The zero-order chi connectivity index (χ0) is 16.9. The van der Waals surface area contributed by atoms with E-state index in [1.807, 2.05) is 31.2 Å². The Balaban J connectivity index is 0.000000220. The largest absolute Gasteiger partial charge is 0.508 e. The van der Waals surface area contributed by atoms with E-state index >= 15 is 0 Å². The van der Waals surface area contributed by atoms with Crippen LogP contribution in [0.4, 0.5) is 0 Å². The summed E-state index contributed by atoms with van der Waals surface area (Å²) < 4.78 is 0. The third kappa shape index (κ3) is 4.80. The lowest BCUT2D eigenvalue weighted by atomic mass is 9.97. The average molecular weight is 300 g/mol. The second-order valence-electron chi connectivity index (χ2n) is 6.36. The molecule has 0 atom stereocenters. The summed E-state index contributed by atoms with van der Waals surface area (Å²) in [5.41, 5.74) is 4.70. The van der Waals surface area contributed by atoms with Gasteiger partial charge in [-0.2, -0.15) is 0 Å². The van der Waals surface area contributed by atoms with Gasteiger partial charge in [0.25, 0.3) is 0 Å². The molecule has 0 saturated carbocycles. The molecule has 22 heavy (non-hydrogen) atoms. The van der Waals surface area contributed by atoms with Crippen molar-refractivity contribution in [2.24, 2.45) is 0 Å². The Morgan fingerprint density at radius 1 is 0.773 bits per heavy atom. The monoisotopic (exact) mass is 300 g/mol. The molecule has 0 bridgehead atoms. The molecule has 2 N–H and O–H groups in total. The number of aryl methyl sites for hydroxylation is 2. The van der Waals surface area contributed by atoms with Crippen molar-refractivity contribution in [2.45, 2.75) is 53.4 Å². The first-order valence-electron chi connectivity index (χ1n) is 7.82. The fraction of sp³-hybridized carbons (Fsp3) is 0.400. The van der Waals surface area contributed by atoms with Crippen LogP contribution in [0.1, 0.15) is 61.8 Å². The highest BCUT2D eigenvalue weighted by Gasteiger charge is 2.07. The average Bonchev–Trinajstić information content (AvgIpc) is 2.41. The molecule has 0 amide bonds. The maximum Gasteiger partial charge on any atom is 0.119 e. The number of aromatic hydroxyl groups is 2. The molecule has 0 aromatic heterocycles. The van der Waals surface area contributed by atoms with Crippen molar-refractivity contribution in [3.05, 3.63) is 58.7 Å². The molecule has 2 heteroatoms. The van der Waals surface area contributed by atoms with Gasteiger partial charge in [0.15, 0.2) is 0 Å². The van der Waals surface area contributed by atoms with Crippen molar-refractivity contribution < 1.29 is 10.2 Å². The van der Waals surface area contributed by atoms with Gasteiger partial charge in [-0.05, 0) is 66.1 Å². The topological polar surface area (TPSA) is 40.5 Å². The zero-order valence-electron chi connectivity index (χ0n) is 14.5. The molecule has 120 valence electrons. The van der Waals surface area contributed by atoms with E-state index in [-0.39, 0.29) is 0 Å². The van der Waals surface area contributed by atoms with Crippen LogP contribution in [0.5, 0.6) is 11.5 Å². The van der Waals surface area contributed by atoms with Crippen LogP contribution in [0.3, 0.4) is 0 Å². The summed E-state index contributed by atoms with van der Waals surface area (Å²) in [6.45, 7) is 12.5. The van der Waals surface area contributed by atoms with Crippen LogP contribution in [-0.4, -0.2) is 10.2 Å². The van der Waals surface area contributed by atoms with Gasteiger partial charge in [-0.3, -0.25) is 0 Å². The minimum absolute atomic E-state index is 0.360. The zero-order valence-corrected chi connectivity index (χ0v) is 14.5. The van der Waals surface area contributed by atoms with Crippen LogP contribution in [0.2, 0.25) is 0 Å². The van der Waals surface area contributed by atoms with Crippen LogP contribution >= 0.6 is 0 Å². The van der Waals surface area contributed by atoms with Crippen molar-refractivity contribution in [1.82, 2.24) is 0 Å². The number of hydrogen-bond acceptors (Lipinski definition) is 2. The van der Waals surface area contributed by atoms with E-state index in [2.05, 4.69) is 34.6 Å². The van der Waals surface area contributed by atoms with Gasteiger partial charge in [-0.15, -0.1) is 0 Å². The summed E-state index contributed by atoms with van der Waals surface area (Å²) in [7, 11) is 0. The van der Waals surface area contributed by atoms with Gasteiger partial charge in [0.2, 0.25) is 0 Å². The summed E-state index contributed by atoms with van der Waals surface area (Å²) in [6.07, 6.45) is 0. The van der Waals surface area contributed by atoms with E-state index in [1.54, 1.807) is 12.1 Å². The van der Waals surface area contributed by atoms with Crippen LogP contribution < -0.4 is 0 Å². The minimum atomic E-state index is 0.360. The van der Waals surface area contributed by atoms with Crippen molar-refractivity contribution >= 4 is 0 Å². The van der Waals surface area contributed by atoms with Gasteiger partial charge in [-0.25, -0.2) is 0 Å². The fourth-order valence-electron chi connectivity index (χ4n) is 2.67. The van der Waals surface area contributed by atoms with E-state index in [4.69, 9.17) is 0 Å². The third-order valence-corrected chi connectivity index (χ3v) is 3.76. The summed E-state index contributed by atoms with van der Waals surface area (Å²) in [4.78, 5) is 0. The molecule has 0 unspecified atom stereocenters. The highest BCUT2D eigenvalue weighted by Crippen LogP contribution is 2.27. The van der Waals surface area contributed by atoms with Gasteiger partial charge in [0, 0.05) is 0 Å². The Bertz CT molecular complexity index is 593. The van der Waals surface area contributed by atoms with E-state index in [0.29, 0.717) is 23.3 Å². The number of hydrogen-bond donors (Lipinski definition) is 2. The van der Waals surface area contributed by atoms with Crippen LogP contribution in [0.15, 0.2) is 36.4 Å². The lowest BCUT2D eigenvalue weighted by Gasteiger charge is -2.10. The molecular formula is C20H28O2. The lowest BCUT2D eigenvalue weighted by molar-refractivity contribution is 0.464. The quantitative estimate of drug-likeness (QED) is 0.752. The van der Waals surface area contributed by atoms with Crippen LogP contribution in [-0.2, 0) is 0 Å². The predicted molar refractivity (Wildman–Crippen MR) is 93.9 cm³/mol. The van der Waals surface area contributed by atoms with Crippen molar-refractivity contribution in [1.29, 1.82) is 0 Å². The Morgan fingerprint density at radius 2 is 1.41 bits per heavy atom. The van der Waals surface area contributed by atoms with Gasteiger partial charge in [0.1, 0.15) is 11.5 Å². The second kappa shape index (κ2) is 7.88. The third-order valence-electron chi connectivity index (χ3n) is 3.76. The summed E-state index contributed by atoms with van der Waals surface area (Å²) in [6, 6.07) is 11.1. The first-order valence-corrected chi connectivity index (χ1v) is 7.82. The second-order valence-corrected chi connectivity index (χ2v) is 6.36. The summed E-state index contributed by atoms with van der Waals surface area (Å²) >= 11 is 0. The van der Waals surface area contributed by atoms with Crippen molar-refractivity contribution in [3.8, 4) is 11.5 Å². The lowest BCUT2D eigenvalue weighted by Crippen LogP contribution is -1.91. The fourth-order valence-corrected chi connectivity index (χ4v) is 2.67. The summed E-state index contributed by atoms with van der Waals surface area (Å²) in [5.74, 6) is 1.66. The molecule has 0 heterocycles. The Morgan fingerprint density at radius 3 is 1.82 bits per heavy atom. The number of phenolic OH excluding ortho intramolecular Hbond substituents is 2. The molecule has 2 rings (SSSR count). The van der Waals surface area contributed by atoms with Gasteiger partial charge in [0.05, 0.1) is 0 Å². The SMILES string of the molecule is Cc1ccc(O)cc1C(C)C.Cc1cccc(O)c1C(C)C. The van der Waals surface area contributed by atoms with E-state index < -0.39 is 0 Å². The first kappa shape index (κ1) is 18.1. The molecule has 0 fully saturated rings. The maximum atomic E-state index is 9.46. The molecule has 0 saturated heterocycles. The molecule has 0 spiro atoms. The molecule has 0 radical (unpaired) electrons. The van der Waals surface area contributed by atoms with E-state index in [9.17, 15) is 10.2 Å². The highest BCUT2D eigenvalue weighted by atomic mass is 16.3. The maximum absolute atomic E-state index is 9.46. The van der Waals surface area contributed by atoms with Gasteiger partial charge < -0.3 is 10.2 Å². The normalized spacial score (nSPS) is 10.5. The van der Waals surface area contributed by atoms with Crippen molar-refractivity contribution in [2.75, 3.05) is 0 Å². The predicted octanol–water partition coefficient (Wildman–Crippen LogP) is 5.65. The molecular weight excluding hydrogens is 272 g/mol. The highest BCUT2D eigenvalue weighted by molar-refractivity contribution is 5.40. The molecule has 0 aliphatic rings. The number of benzene rings is 2. The molecule has 0 aliphatic carbocycles. The summed E-state index contributed by atoms with van der Waals surface area (Å²) in [5, 5.41) is 18.6. The van der Waals surface area contributed by atoms with Crippen LogP contribution in [0, 0.1) is 13.8 Å².